The second-order valence-corrected chi connectivity index (χ2v) is 10.7. The lowest BCUT2D eigenvalue weighted by Crippen LogP contribution is -2.35. The second-order valence-electron chi connectivity index (χ2n) is 10.7. The maximum Gasteiger partial charge on any atom is 0.240 e. The van der Waals surface area contributed by atoms with E-state index < -0.39 is 0 Å². The van der Waals surface area contributed by atoms with Crippen LogP contribution in [0.15, 0.2) is 12.3 Å². The van der Waals surface area contributed by atoms with E-state index in [9.17, 15) is 4.79 Å². The zero-order valence-corrected chi connectivity index (χ0v) is 24.8. The topological polar surface area (TPSA) is 125 Å². The average molecular weight is 563 g/mol. The van der Waals surface area contributed by atoms with Gasteiger partial charge in [-0.25, -0.2) is 9.67 Å². The molecule has 0 aliphatic carbocycles. The van der Waals surface area contributed by atoms with Crippen LogP contribution in [0, 0.1) is 0 Å². The zero-order chi connectivity index (χ0) is 29.3. The highest BCUT2D eigenvalue weighted by Gasteiger charge is 2.26. The van der Waals surface area contributed by atoms with E-state index in [1.54, 1.807) is 29.6 Å². The third-order valence-electron chi connectivity index (χ3n) is 6.93. The molecule has 0 aromatic carbocycles. The molecule has 4 aromatic heterocycles. The SMILES string of the molecule is CCN1Cc2c(c(OC(C)C)nn2CC(C)=O)/C=C/c2[nH]nc3ncc(cc23)-c2c(COC)nn(C)c2O[C@@H](C)C1. The number of nitrogens with one attached hydrogen (secondary N) is 1. The Hall–Kier alpha value is -4.03. The van der Waals surface area contributed by atoms with Crippen LogP contribution in [0.5, 0.6) is 11.8 Å². The molecule has 1 atom stereocenters. The van der Waals surface area contributed by atoms with E-state index in [-0.39, 0.29) is 24.5 Å². The van der Waals surface area contributed by atoms with E-state index in [1.165, 1.54) is 0 Å². The molecule has 5 heterocycles. The number of aromatic nitrogens is 7. The van der Waals surface area contributed by atoms with Crippen LogP contribution >= 0.6 is 0 Å². The maximum absolute atomic E-state index is 12.2. The van der Waals surface area contributed by atoms with Gasteiger partial charge in [-0.2, -0.15) is 10.2 Å². The largest absolute Gasteiger partial charge is 0.473 e. The Morgan fingerprint density at radius 2 is 2.07 bits per heavy atom. The van der Waals surface area contributed by atoms with Crippen LogP contribution in [0.2, 0.25) is 0 Å². The van der Waals surface area contributed by atoms with Gasteiger partial charge in [0.05, 0.1) is 47.5 Å². The fourth-order valence-corrected chi connectivity index (χ4v) is 5.15. The number of H-pyrrole nitrogens is 1. The van der Waals surface area contributed by atoms with Crippen LogP contribution in [-0.2, 0) is 36.3 Å². The van der Waals surface area contributed by atoms with Gasteiger partial charge in [-0.1, -0.05) is 6.92 Å². The minimum Gasteiger partial charge on any atom is -0.473 e. The molecule has 0 spiro atoms. The van der Waals surface area contributed by atoms with Crippen molar-refractivity contribution in [2.45, 2.75) is 66.5 Å². The summed E-state index contributed by atoms with van der Waals surface area (Å²) in [5.41, 5.74) is 5.56. The van der Waals surface area contributed by atoms with Gasteiger partial charge >= 0.3 is 0 Å². The lowest BCUT2D eigenvalue weighted by Gasteiger charge is -2.25. The van der Waals surface area contributed by atoms with Gasteiger partial charge in [0.1, 0.15) is 6.10 Å². The molecule has 41 heavy (non-hydrogen) atoms. The van der Waals surface area contributed by atoms with E-state index in [1.807, 2.05) is 46.0 Å². The van der Waals surface area contributed by atoms with Gasteiger partial charge in [-0.05, 0) is 52.5 Å². The van der Waals surface area contributed by atoms with Crippen molar-refractivity contribution in [3.63, 3.8) is 0 Å². The number of fused-ring (bicyclic) bond motifs is 4. The highest BCUT2D eigenvalue weighted by atomic mass is 16.5. The Morgan fingerprint density at radius 3 is 2.78 bits per heavy atom. The van der Waals surface area contributed by atoms with Crippen molar-refractivity contribution in [2.24, 2.45) is 7.05 Å². The van der Waals surface area contributed by atoms with Crippen molar-refractivity contribution in [3.8, 4) is 22.9 Å². The number of aromatic amines is 1. The maximum atomic E-state index is 12.2. The minimum atomic E-state index is -0.180. The molecule has 0 unspecified atom stereocenters. The fourth-order valence-electron chi connectivity index (χ4n) is 5.15. The first kappa shape index (κ1) is 28.5. The monoisotopic (exact) mass is 562 g/mol. The molecule has 0 fully saturated rings. The highest BCUT2D eigenvalue weighted by Crippen LogP contribution is 2.36. The Labute approximate surface area is 239 Å². The van der Waals surface area contributed by atoms with Crippen molar-refractivity contribution < 1.29 is 19.0 Å². The molecular formula is C29H38N8O4. The van der Waals surface area contributed by atoms with Crippen LogP contribution in [0.25, 0.3) is 34.3 Å². The van der Waals surface area contributed by atoms with Crippen LogP contribution in [-0.4, -0.2) is 77.8 Å². The van der Waals surface area contributed by atoms with Crippen LogP contribution < -0.4 is 9.47 Å². The summed E-state index contributed by atoms with van der Waals surface area (Å²) in [5.74, 6) is 1.15. The van der Waals surface area contributed by atoms with E-state index in [2.05, 4.69) is 27.0 Å². The number of nitrogens with zero attached hydrogens (tertiary/aromatic N) is 7. The lowest BCUT2D eigenvalue weighted by molar-refractivity contribution is -0.117. The number of hydrogen-bond donors (Lipinski definition) is 1. The van der Waals surface area contributed by atoms with E-state index in [4.69, 9.17) is 24.4 Å². The number of carbonyl (C=O) groups excluding carboxylic acids is 1. The van der Waals surface area contributed by atoms with Gasteiger partial charge in [0, 0.05) is 44.4 Å². The number of aryl methyl sites for hydroxylation is 1. The molecule has 0 amide bonds. The smallest absolute Gasteiger partial charge is 0.240 e. The molecule has 0 saturated heterocycles. The predicted molar refractivity (Wildman–Crippen MR) is 155 cm³/mol. The van der Waals surface area contributed by atoms with Gasteiger partial charge in [-0.3, -0.25) is 19.5 Å². The molecule has 0 radical (unpaired) electrons. The zero-order valence-electron chi connectivity index (χ0n) is 24.8. The van der Waals surface area contributed by atoms with Crippen LogP contribution in [0.3, 0.4) is 0 Å². The fraction of sp³-hybridized carbons (Fsp3) is 0.483. The third kappa shape index (κ3) is 5.89. The molecule has 218 valence electrons. The van der Waals surface area contributed by atoms with Gasteiger partial charge in [0.15, 0.2) is 11.4 Å². The number of carbonyl (C=O) groups is 1. The summed E-state index contributed by atoms with van der Waals surface area (Å²) in [6.07, 6.45) is 5.46. The summed E-state index contributed by atoms with van der Waals surface area (Å²) in [4.78, 5) is 19.1. The van der Waals surface area contributed by atoms with Gasteiger partial charge in [0.2, 0.25) is 11.8 Å². The Kier molecular flexibility index (Phi) is 8.22. The summed E-state index contributed by atoms with van der Waals surface area (Å²) >= 11 is 0. The molecular weight excluding hydrogens is 524 g/mol. The number of rotatable bonds is 7. The van der Waals surface area contributed by atoms with Crippen molar-refractivity contribution in [1.29, 1.82) is 0 Å². The average Bonchev–Trinajstić information content (AvgIpc) is 3.54. The molecule has 1 N–H and O–H groups in total. The van der Waals surface area contributed by atoms with Crippen molar-refractivity contribution in [2.75, 3.05) is 20.2 Å². The van der Waals surface area contributed by atoms with Gasteiger partial charge in [-0.15, -0.1) is 5.10 Å². The standard InChI is InChI=1S/C29H38N8O4/c1-8-36-14-19(5)41-29-26(24(16-39-7)33-35(29)6)20-11-22-23(31-32-27(22)30-12-20)10-9-21-25(15-36)37(13-18(4)38)34-28(21)40-17(2)3/h9-12,17,19H,8,13-16H2,1-7H3,(H,30,31,32)/b10-9+/t19-/m0/s1. The Balaban J connectivity index is 1.73. The normalized spacial score (nSPS) is 16.7. The summed E-state index contributed by atoms with van der Waals surface area (Å²) in [6.45, 7) is 12.1. The number of ketones is 1. The first-order chi connectivity index (χ1) is 19.7. The summed E-state index contributed by atoms with van der Waals surface area (Å²) in [5, 5.41) is 17.8. The first-order valence-electron chi connectivity index (χ1n) is 13.9. The summed E-state index contributed by atoms with van der Waals surface area (Å²) in [7, 11) is 3.52. The Morgan fingerprint density at radius 1 is 1.27 bits per heavy atom. The van der Waals surface area contributed by atoms with E-state index in [0.29, 0.717) is 37.1 Å². The number of Topliss-reactive ketones (excluding diaryl/α,β-unsaturated/α-hetero) is 1. The molecule has 5 rings (SSSR count). The first-order valence-corrected chi connectivity index (χ1v) is 13.9. The van der Waals surface area contributed by atoms with Crippen molar-refractivity contribution >= 4 is 29.0 Å². The molecule has 0 saturated carbocycles. The molecule has 1 aliphatic heterocycles. The Bertz CT molecular complexity index is 1580. The quantitative estimate of drug-likeness (QED) is 0.357. The number of methoxy groups -OCH3 is 1. The number of hydrogen-bond acceptors (Lipinski definition) is 9. The summed E-state index contributed by atoms with van der Waals surface area (Å²) in [6, 6.07) is 2.04. The van der Waals surface area contributed by atoms with Gasteiger partial charge < -0.3 is 14.2 Å². The number of likely N-dealkylation sites (N-methyl/N-ethyl adjacent to an activating group) is 1. The molecule has 12 nitrogen and oxygen atoms in total. The van der Waals surface area contributed by atoms with Gasteiger partial charge in [0.25, 0.3) is 0 Å². The second kappa shape index (κ2) is 11.8. The number of pyridine rings is 1. The predicted octanol–water partition coefficient (Wildman–Crippen LogP) is 3.85. The van der Waals surface area contributed by atoms with E-state index in [0.717, 1.165) is 45.7 Å². The summed E-state index contributed by atoms with van der Waals surface area (Å²) < 4.78 is 21.7. The van der Waals surface area contributed by atoms with Crippen molar-refractivity contribution in [1.82, 2.24) is 39.6 Å². The van der Waals surface area contributed by atoms with E-state index >= 15 is 0 Å². The minimum absolute atomic E-state index is 0.0137. The molecule has 1 aliphatic rings. The third-order valence-corrected chi connectivity index (χ3v) is 6.93. The van der Waals surface area contributed by atoms with Crippen LogP contribution in [0.1, 0.15) is 57.3 Å². The highest BCUT2D eigenvalue weighted by molar-refractivity contribution is 5.91. The molecule has 12 heteroatoms. The van der Waals surface area contributed by atoms with Crippen LogP contribution in [0.4, 0.5) is 0 Å². The lowest BCUT2D eigenvalue weighted by atomic mass is 10.1. The molecule has 2 bridgehead atoms. The number of ether oxygens (including phenoxy) is 3. The van der Waals surface area contributed by atoms with Crippen molar-refractivity contribution in [3.05, 3.63) is 34.9 Å². The molecule has 4 aromatic rings.